The zero-order valence-electron chi connectivity index (χ0n) is 15.5. The number of aromatic nitrogens is 3. The number of hydrogen-bond acceptors (Lipinski definition) is 5. The maximum atomic E-state index is 12.6. The van der Waals surface area contributed by atoms with Crippen molar-refractivity contribution in [2.75, 3.05) is 7.11 Å². The highest BCUT2D eigenvalue weighted by atomic mass is 32.2. The number of thioether (sulfide) groups is 1. The number of amides is 1. The van der Waals surface area contributed by atoms with E-state index in [-0.39, 0.29) is 17.2 Å². The SMILES string of the molecule is COc1cccc(-n2cnnc2S[C@H](C)C(=O)N[C@@H]2CCCC[C@@H]2C)c1. The van der Waals surface area contributed by atoms with Gasteiger partial charge in [0.25, 0.3) is 0 Å². The number of hydrogen-bond donors (Lipinski definition) is 1. The molecule has 1 amide bonds. The van der Waals surface area contributed by atoms with Gasteiger partial charge in [-0.25, -0.2) is 0 Å². The molecule has 1 aliphatic rings. The van der Waals surface area contributed by atoms with Gasteiger partial charge in [0.05, 0.1) is 18.0 Å². The van der Waals surface area contributed by atoms with Crippen LogP contribution in [0.4, 0.5) is 0 Å². The van der Waals surface area contributed by atoms with E-state index < -0.39 is 0 Å². The molecule has 7 heteroatoms. The second kappa shape index (κ2) is 8.58. The molecule has 3 rings (SSSR count). The standard InChI is InChI=1S/C19H26N4O2S/c1-13-7-4-5-10-17(13)21-18(24)14(2)26-19-22-20-12-23(19)15-8-6-9-16(11-15)25-3/h6,8-9,11-14,17H,4-5,7,10H2,1-3H3,(H,21,24)/t13-,14+,17+/m0/s1. The average Bonchev–Trinajstić information content (AvgIpc) is 3.11. The fourth-order valence-corrected chi connectivity index (χ4v) is 4.14. The summed E-state index contributed by atoms with van der Waals surface area (Å²) >= 11 is 1.42. The van der Waals surface area contributed by atoms with Crippen LogP contribution in [0.15, 0.2) is 35.7 Å². The van der Waals surface area contributed by atoms with Crippen LogP contribution >= 0.6 is 11.8 Å². The summed E-state index contributed by atoms with van der Waals surface area (Å²) in [7, 11) is 1.64. The summed E-state index contributed by atoms with van der Waals surface area (Å²) in [5, 5.41) is 11.9. The van der Waals surface area contributed by atoms with Crippen LogP contribution in [0.2, 0.25) is 0 Å². The average molecular weight is 375 g/mol. The second-order valence-electron chi connectivity index (χ2n) is 6.82. The molecule has 3 atom stereocenters. The molecular formula is C19H26N4O2S. The van der Waals surface area contributed by atoms with Crippen LogP contribution in [0.5, 0.6) is 5.75 Å². The second-order valence-corrected chi connectivity index (χ2v) is 8.13. The van der Waals surface area contributed by atoms with E-state index in [4.69, 9.17) is 4.74 Å². The quantitative estimate of drug-likeness (QED) is 0.784. The van der Waals surface area contributed by atoms with E-state index in [9.17, 15) is 4.79 Å². The monoisotopic (exact) mass is 374 g/mol. The Kier molecular flexibility index (Phi) is 6.19. The Labute approximate surface area is 158 Å². The van der Waals surface area contributed by atoms with E-state index in [2.05, 4.69) is 22.4 Å². The van der Waals surface area contributed by atoms with Gasteiger partial charge >= 0.3 is 0 Å². The predicted molar refractivity (Wildman–Crippen MR) is 103 cm³/mol. The Hall–Kier alpha value is -2.02. The van der Waals surface area contributed by atoms with Crippen LogP contribution in [0.25, 0.3) is 5.69 Å². The van der Waals surface area contributed by atoms with E-state index in [0.717, 1.165) is 17.9 Å². The van der Waals surface area contributed by atoms with Gasteiger partial charge in [-0.05, 0) is 37.8 Å². The smallest absolute Gasteiger partial charge is 0.233 e. The number of nitrogens with one attached hydrogen (secondary N) is 1. The molecule has 1 saturated carbocycles. The van der Waals surface area contributed by atoms with Crippen LogP contribution in [-0.4, -0.2) is 39.1 Å². The molecule has 0 radical (unpaired) electrons. The molecule has 2 aromatic rings. The van der Waals surface area contributed by atoms with Crippen LogP contribution in [-0.2, 0) is 4.79 Å². The summed E-state index contributed by atoms with van der Waals surface area (Å²) in [6.07, 6.45) is 6.38. The van der Waals surface area contributed by atoms with Crippen molar-refractivity contribution in [2.45, 2.75) is 56.0 Å². The summed E-state index contributed by atoms with van der Waals surface area (Å²) in [6.45, 7) is 4.14. The largest absolute Gasteiger partial charge is 0.497 e. The van der Waals surface area contributed by atoms with Gasteiger partial charge in [0.15, 0.2) is 5.16 Å². The zero-order valence-corrected chi connectivity index (χ0v) is 16.3. The van der Waals surface area contributed by atoms with Crippen molar-refractivity contribution in [3.63, 3.8) is 0 Å². The van der Waals surface area contributed by atoms with Crippen LogP contribution in [0, 0.1) is 5.92 Å². The van der Waals surface area contributed by atoms with Gasteiger partial charge in [-0.1, -0.05) is 37.6 Å². The fourth-order valence-electron chi connectivity index (χ4n) is 3.28. The molecule has 6 nitrogen and oxygen atoms in total. The molecule has 1 aromatic carbocycles. The van der Waals surface area contributed by atoms with Crippen LogP contribution < -0.4 is 10.1 Å². The minimum absolute atomic E-state index is 0.0638. The lowest BCUT2D eigenvalue weighted by molar-refractivity contribution is -0.121. The molecule has 0 saturated heterocycles. The van der Waals surface area contributed by atoms with E-state index in [0.29, 0.717) is 11.1 Å². The summed E-state index contributed by atoms with van der Waals surface area (Å²) in [4.78, 5) is 12.6. The molecule has 1 aromatic heterocycles. The molecule has 1 aliphatic carbocycles. The van der Waals surface area contributed by atoms with Gasteiger partial charge in [0.2, 0.25) is 5.91 Å². The third-order valence-corrected chi connectivity index (χ3v) is 6.00. The number of ether oxygens (including phenoxy) is 1. The summed E-state index contributed by atoms with van der Waals surface area (Å²) < 4.78 is 7.16. The van der Waals surface area contributed by atoms with Crippen LogP contribution in [0.1, 0.15) is 39.5 Å². The van der Waals surface area contributed by atoms with E-state index in [1.807, 2.05) is 35.8 Å². The number of nitrogens with zero attached hydrogens (tertiary/aromatic N) is 3. The van der Waals surface area contributed by atoms with E-state index in [1.54, 1.807) is 13.4 Å². The Morgan fingerprint density at radius 1 is 1.38 bits per heavy atom. The molecule has 26 heavy (non-hydrogen) atoms. The van der Waals surface area contributed by atoms with Gasteiger partial charge in [-0.2, -0.15) is 0 Å². The number of rotatable bonds is 6. The van der Waals surface area contributed by atoms with Crippen molar-refractivity contribution in [1.29, 1.82) is 0 Å². The minimum atomic E-state index is -0.238. The van der Waals surface area contributed by atoms with Gasteiger partial charge in [-0.15, -0.1) is 10.2 Å². The highest BCUT2D eigenvalue weighted by molar-refractivity contribution is 8.00. The Morgan fingerprint density at radius 3 is 2.96 bits per heavy atom. The maximum absolute atomic E-state index is 12.6. The highest BCUT2D eigenvalue weighted by Gasteiger charge is 2.26. The van der Waals surface area contributed by atoms with Gasteiger partial charge in [0, 0.05) is 12.1 Å². The third kappa shape index (κ3) is 4.38. The topological polar surface area (TPSA) is 69.0 Å². The first kappa shape index (κ1) is 18.8. The zero-order chi connectivity index (χ0) is 18.5. The molecule has 1 N–H and O–H groups in total. The highest BCUT2D eigenvalue weighted by Crippen LogP contribution is 2.27. The predicted octanol–water partition coefficient (Wildman–Crippen LogP) is 3.45. The van der Waals surface area contributed by atoms with Crippen molar-refractivity contribution in [1.82, 2.24) is 20.1 Å². The van der Waals surface area contributed by atoms with Gasteiger partial charge in [-0.3, -0.25) is 9.36 Å². The lowest BCUT2D eigenvalue weighted by Crippen LogP contribution is -2.44. The fraction of sp³-hybridized carbons (Fsp3) is 0.526. The van der Waals surface area contributed by atoms with Crippen molar-refractivity contribution in [3.8, 4) is 11.4 Å². The number of carbonyl (C=O) groups excluding carboxylic acids is 1. The van der Waals surface area contributed by atoms with Crippen molar-refractivity contribution in [2.24, 2.45) is 5.92 Å². The van der Waals surface area contributed by atoms with Gasteiger partial charge in [0.1, 0.15) is 12.1 Å². The first-order valence-electron chi connectivity index (χ1n) is 9.10. The van der Waals surface area contributed by atoms with E-state index in [1.165, 1.54) is 31.0 Å². The Balaban J connectivity index is 1.67. The molecule has 140 valence electrons. The van der Waals surface area contributed by atoms with Crippen molar-refractivity contribution < 1.29 is 9.53 Å². The summed E-state index contributed by atoms with van der Waals surface area (Å²) in [5.74, 6) is 1.38. The molecule has 0 bridgehead atoms. The minimum Gasteiger partial charge on any atom is -0.497 e. The molecule has 1 heterocycles. The normalized spacial score (nSPS) is 21.2. The van der Waals surface area contributed by atoms with Crippen molar-refractivity contribution in [3.05, 3.63) is 30.6 Å². The van der Waals surface area contributed by atoms with Crippen LogP contribution in [0.3, 0.4) is 0 Å². The van der Waals surface area contributed by atoms with Crippen molar-refractivity contribution >= 4 is 17.7 Å². The van der Waals surface area contributed by atoms with E-state index >= 15 is 0 Å². The third-order valence-electron chi connectivity index (χ3n) is 4.94. The summed E-state index contributed by atoms with van der Waals surface area (Å²) in [5.41, 5.74) is 0.908. The lowest BCUT2D eigenvalue weighted by atomic mass is 9.86. The maximum Gasteiger partial charge on any atom is 0.233 e. The molecule has 0 spiro atoms. The Bertz CT molecular complexity index is 749. The number of methoxy groups -OCH3 is 1. The molecule has 0 unspecified atom stereocenters. The molecule has 1 fully saturated rings. The molecule has 0 aliphatic heterocycles. The van der Waals surface area contributed by atoms with Gasteiger partial charge < -0.3 is 10.1 Å². The lowest BCUT2D eigenvalue weighted by Gasteiger charge is -2.30. The first-order valence-corrected chi connectivity index (χ1v) is 9.98. The first-order chi connectivity index (χ1) is 12.6. The molecular weight excluding hydrogens is 348 g/mol. The number of benzene rings is 1. The number of carbonyl (C=O) groups is 1. The Morgan fingerprint density at radius 2 is 2.19 bits per heavy atom. The summed E-state index contributed by atoms with van der Waals surface area (Å²) in [6, 6.07) is 7.98.